The molecule has 2 rings (SSSR count). The van der Waals surface area contributed by atoms with Crippen LogP contribution in [-0.2, 0) is 11.3 Å². The summed E-state index contributed by atoms with van der Waals surface area (Å²) in [7, 11) is 0. The summed E-state index contributed by atoms with van der Waals surface area (Å²) in [5.74, 6) is -0.246. The zero-order valence-electron chi connectivity index (χ0n) is 9.95. The summed E-state index contributed by atoms with van der Waals surface area (Å²) in [4.78, 5) is 15.2. The number of hydrazone groups is 1. The Bertz CT molecular complexity index is 530. The summed E-state index contributed by atoms with van der Waals surface area (Å²) in [5, 5.41) is 7.69. The van der Waals surface area contributed by atoms with Crippen LogP contribution in [0.1, 0.15) is 11.1 Å². The molecule has 6 nitrogen and oxygen atoms in total. The van der Waals surface area contributed by atoms with E-state index in [4.69, 9.17) is 0 Å². The lowest BCUT2D eigenvalue weighted by Crippen LogP contribution is -2.23. The predicted molar refractivity (Wildman–Crippen MR) is 66.9 cm³/mol. The number of hydrogen-bond donors (Lipinski definition) is 1. The van der Waals surface area contributed by atoms with Crippen molar-refractivity contribution in [3.05, 3.63) is 48.0 Å². The van der Waals surface area contributed by atoms with Crippen molar-refractivity contribution in [2.45, 2.75) is 13.5 Å². The number of aromatic nitrogens is 3. The van der Waals surface area contributed by atoms with Crippen molar-refractivity contribution in [2.75, 3.05) is 0 Å². The van der Waals surface area contributed by atoms with Gasteiger partial charge >= 0.3 is 0 Å². The van der Waals surface area contributed by atoms with Gasteiger partial charge in [-0.3, -0.25) is 4.79 Å². The van der Waals surface area contributed by atoms with Crippen LogP contribution in [0.3, 0.4) is 0 Å². The van der Waals surface area contributed by atoms with E-state index in [9.17, 15) is 4.79 Å². The minimum atomic E-state index is -0.246. The van der Waals surface area contributed by atoms with Crippen molar-refractivity contribution < 1.29 is 4.79 Å². The van der Waals surface area contributed by atoms with E-state index in [1.807, 2.05) is 31.2 Å². The smallest absolute Gasteiger partial charge is 0.261 e. The molecule has 1 amide bonds. The highest BCUT2D eigenvalue weighted by Gasteiger charge is 2.00. The van der Waals surface area contributed by atoms with Gasteiger partial charge in [-0.05, 0) is 12.5 Å². The Hall–Kier alpha value is -2.50. The number of aryl methyl sites for hydroxylation is 1. The molecule has 0 aliphatic rings. The van der Waals surface area contributed by atoms with Crippen molar-refractivity contribution in [1.82, 2.24) is 20.2 Å². The highest BCUT2D eigenvalue weighted by molar-refractivity contribution is 5.82. The van der Waals surface area contributed by atoms with E-state index in [2.05, 4.69) is 20.6 Å². The molecule has 1 heterocycles. The van der Waals surface area contributed by atoms with Crippen LogP contribution in [0.25, 0.3) is 0 Å². The van der Waals surface area contributed by atoms with Gasteiger partial charge in [0.25, 0.3) is 5.91 Å². The molecule has 0 radical (unpaired) electrons. The lowest BCUT2D eigenvalue weighted by atomic mass is 10.2. The highest BCUT2D eigenvalue weighted by atomic mass is 16.2. The lowest BCUT2D eigenvalue weighted by molar-refractivity contribution is -0.121. The SMILES string of the molecule is Cc1ccc(/C=N\NC(=O)Cn2cncn2)cc1. The van der Waals surface area contributed by atoms with E-state index >= 15 is 0 Å². The van der Waals surface area contributed by atoms with Gasteiger partial charge < -0.3 is 0 Å². The Morgan fingerprint density at radius 2 is 2.22 bits per heavy atom. The van der Waals surface area contributed by atoms with Crippen LogP contribution in [0.4, 0.5) is 0 Å². The standard InChI is InChI=1S/C12H13N5O/c1-10-2-4-11(5-3-10)6-14-16-12(18)7-17-9-13-8-15-17/h2-6,8-9H,7H2,1H3,(H,16,18)/b14-6-. The maximum Gasteiger partial charge on any atom is 0.261 e. The first-order valence-corrected chi connectivity index (χ1v) is 5.45. The second kappa shape index (κ2) is 5.72. The largest absolute Gasteiger partial charge is 0.271 e. The summed E-state index contributed by atoms with van der Waals surface area (Å²) < 4.78 is 1.43. The second-order valence-corrected chi connectivity index (χ2v) is 3.80. The third-order valence-corrected chi connectivity index (χ3v) is 2.25. The average molecular weight is 243 g/mol. The first kappa shape index (κ1) is 12.0. The minimum absolute atomic E-state index is 0.102. The third kappa shape index (κ3) is 3.51. The zero-order chi connectivity index (χ0) is 12.8. The number of amides is 1. The van der Waals surface area contributed by atoms with Crippen LogP contribution in [-0.4, -0.2) is 26.9 Å². The third-order valence-electron chi connectivity index (χ3n) is 2.25. The van der Waals surface area contributed by atoms with Gasteiger partial charge in [0.1, 0.15) is 19.2 Å². The molecule has 0 fully saturated rings. The summed E-state index contributed by atoms with van der Waals surface area (Å²) in [6.07, 6.45) is 4.45. The van der Waals surface area contributed by atoms with Crippen molar-refractivity contribution >= 4 is 12.1 Å². The first-order valence-electron chi connectivity index (χ1n) is 5.45. The number of nitrogens with zero attached hydrogens (tertiary/aromatic N) is 4. The molecule has 0 spiro atoms. The molecule has 1 aromatic carbocycles. The van der Waals surface area contributed by atoms with Gasteiger partial charge in [-0.25, -0.2) is 15.1 Å². The average Bonchev–Trinajstić information content (AvgIpc) is 2.84. The topological polar surface area (TPSA) is 72.2 Å². The number of hydrogen-bond acceptors (Lipinski definition) is 4. The fourth-order valence-corrected chi connectivity index (χ4v) is 1.33. The quantitative estimate of drug-likeness (QED) is 0.635. The van der Waals surface area contributed by atoms with Crippen LogP contribution in [0.2, 0.25) is 0 Å². The number of benzene rings is 1. The highest BCUT2D eigenvalue weighted by Crippen LogP contribution is 1.99. The van der Waals surface area contributed by atoms with Gasteiger partial charge in [0.05, 0.1) is 6.21 Å². The van der Waals surface area contributed by atoms with Crippen molar-refractivity contribution in [1.29, 1.82) is 0 Å². The molecule has 0 bridgehead atoms. The molecule has 0 saturated heterocycles. The molecule has 2 aromatic rings. The van der Waals surface area contributed by atoms with Gasteiger partial charge in [0.15, 0.2) is 0 Å². The number of rotatable bonds is 4. The normalized spacial score (nSPS) is 10.7. The fourth-order valence-electron chi connectivity index (χ4n) is 1.33. The van der Waals surface area contributed by atoms with Gasteiger partial charge in [0.2, 0.25) is 0 Å². The molecule has 92 valence electrons. The molecule has 0 aliphatic heterocycles. The molecule has 0 unspecified atom stereocenters. The minimum Gasteiger partial charge on any atom is -0.271 e. The summed E-state index contributed by atoms with van der Waals surface area (Å²) >= 11 is 0. The van der Waals surface area contributed by atoms with E-state index in [0.717, 1.165) is 5.56 Å². The predicted octanol–water partition coefficient (Wildman–Crippen LogP) is 0.737. The van der Waals surface area contributed by atoms with Crippen molar-refractivity contribution in [2.24, 2.45) is 5.10 Å². The Kier molecular flexibility index (Phi) is 3.80. The molecular weight excluding hydrogens is 230 g/mol. The van der Waals surface area contributed by atoms with Gasteiger partial charge in [-0.1, -0.05) is 29.8 Å². The Labute approximate surface area is 104 Å². The molecule has 1 N–H and O–H groups in total. The Morgan fingerprint density at radius 3 is 2.89 bits per heavy atom. The number of nitrogens with one attached hydrogen (secondary N) is 1. The van der Waals surface area contributed by atoms with Crippen molar-refractivity contribution in [3.63, 3.8) is 0 Å². The van der Waals surface area contributed by atoms with E-state index in [1.165, 1.54) is 22.9 Å². The molecular formula is C12H13N5O. The monoisotopic (exact) mass is 243 g/mol. The second-order valence-electron chi connectivity index (χ2n) is 3.80. The molecule has 0 aliphatic carbocycles. The fraction of sp³-hybridized carbons (Fsp3) is 0.167. The number of carbonyl (C=O) groups excluding carboxylic acids is 1. The summed E-state index contributed by atoms with van der Waals surface area (Å²) in [5.41, 5.74) is 4.54. The summed E-state index contributed by atoms with van der Waals surface area (Å²) in [6.45, 7) is 2.12. The van der Waals surface area contributed by atoms with E-state index in [1.54, 1.807) is 6.21 Å². The summed E-state index contributed by atoms with van der Waals surface area (Å²) in [6, 6.07) is 7.84. The van der Waals surface area contributed by atoms with E-state index in [-0.39, 0.29) is 12.5 Å². The van der Waals surface area contributed by atoms with Crippen LogP contribution in [0.15, 0.2) is 42.0 Å². The maximum absolute atomic E-state index is 11.4. The first-order chi connectivity index (χ1) is 8.74. The van der Waals surface area contributed by atoms with Crippen molar-refractivity contribution in [3.8, 4) is 0 Å². The van der Waals surface area contributed by atoms with Crippen LogP contribution >= 0.6 is 0 Å². The van der Waals surface area contributed by atoms with E-state index < -0.39 is 0 Å². The van der Waals surface area contributed by atoms with E-state index in [0.29, 0.717) is 0 Å². The van der Waals surface area contributed by atoms with Gasteiger partial charge in [-0.2, -0.15) is 10.2 Å². The van der Waals surface area contributed by atoms with Crippen LogP contribution in [0.5, 0.6) is 0 Å². The Balaban J connectivity index is 1.84. The van der Waals surface area contributed by atoms with Gasteiger partial charge in [-0.15, -0.1) is 0 Å². The maximum atomic E-state index is 11.4. The number of carbonyl (C=O) groups is 1. The Morgan fingerprint density at radius 1 is 1.44 bits per heavy atom. The van der Waals surface area contributed by atoms with Gasteiger partial charge in [0, 0.05) is 0 Å². The lowest BCUT2D eigenvalue weighted by Gasteiger charge is -1.99. The molecule has 1 aromatic heterocycles. The molecule has 0 atom stereocenters. The van der Waals surface area contributed by atoms with Crippen LogP contribution < -0.4 is 5.43 Å². The molecule has 0 saturated carbocycles. The zero-order valence-corrected chi connectivity index (χ0v) is 9.95. The molecule has 6 heteroatoms. The molecule has 18 heavy (non-hydrogen) atoms. The van der Waals surface area contributed by atoms with Crippen LogP contribution in [0, 0.1) is 6.92 Å².